The van der Waals surface area contributed by atoms with Gasteiger partial charge in [0.1, 0.15) is 5.75 Å². The lowest BCUT2D eigenvalue weighted by Crippen LogP contribution is -2.29. The predicted octanol–water partition coefficient (Wildman–Crippen LogP) is 1.18. The molecule has 0 atom stereocenters. The van der Waals surface area contributed by atoms with E-state index in [4.69, 9.17) is 10.5 Å². The molecule has 90 valence electrons. The van der Waals surface area contributed by atoms with Gasteiger partial charge in [0, 0.05) is 18.7 Å². The van der Waals surface area contributed by atoms with Gasteiger partial charge in [0.05, 0.1) is 0 Å². The molecule has 4 nitrogen and oxygen atoms in total. The monoisotopic (exact) mass is 232 g/mol. The van der Waals surface area contributed by atoms with E-state index in [2.05, 4.69) is 17.2 Å². The minimum Gasteiger partial charge on any atom is -0.484 e. The lowest BCUT2D eigenvalue weighted by atomic mass is 10.3. The Labute approximate surface area is 101 Å². The molecule has 0 heterocycles. The van der Waals surface area contributed by atoms with Crippen molar-refractivity contribution in [1.29, 1.82) is 0 Å². The molecule has 4 heteroatoms. The van der Waals surface area contributed by atoms with E-state index >= 15 is 0 Å². The Morgan fingerprint density at radius 3 is 2.76 bits per heavy atom. The topological polar surface area (TPSA) is 64.3 Å². The van der Waals surface area contributed by atoms with Crippen molar-refractivity contribution in [2.24, 2.45) is 0 Å². The van der Waals surface area contributed by atoms with E-state index in [1.807, 2.05) is 0 Å². The highest BCUT2D eigenvalue weighted by atomic mass is 16.5. The summed E-state index contributed by atoms with van der Waals surface area (Å²) in [5.74, 6) is 6.10. The van der Waals surface area contributed by atoms with E-state index in [9.17, 15) is 4.79 Å². The van der Waals surface area contributed by atoms with Crippen molar-refractivity contribution in [3.63, 3.8) is 0 Å². The zero-order valence-electron chi connectivity index (χ0n) is 9.82. The molecule has 0 aliphatic heterocycles. The van der Waals surface area contributed by atoms with Crippen LogP contribution < -0.4 is 15.8 Å². The third-order valence-electron chi connectivity index (χ3n) is 2.00. The van der Waals surface area contributed by atoms with Crippen LogP contribution in [-0.4, -0.2) is 19.1 Å². The number of hydrogen-bond acceptors (Lipinski definition) is 3. The molecular formula is C13H16N2O2. The summed E-state index contributed by atoms with van der Waals surface area (Å²) in [6.45, 7) is 2.32. The molecule has 0 aliphatic rings. The third kappa shape index (κ3) is 5.47. The molecule has 0 aliphatic carbocycles. The normalized spacial score (nSPS) is 9.00. The van der Waals surface area contributed by atoms with Crippen molar-refractivity contribution in [3.8, 4) is 17.6 Å². The Balaban J connectivity index is 2.23. The first-order valence-corrected chi connectivity index (χ1v) is 5.37. The van der Waals surface area contributed by atoms with Crippen LogP contribution in [0.4, 0.5) is 5.69 Å². The van der Waals surface area contributed by atoms with E-state index in [0.717, 1.165) is 0 Å². The maximum Gasteiger partial charge on any atom is 0.257 e. The van der Waals surface area contributed by atoms with Crippen LogP contribution in [0.15, 0.2) is 24.3 Å². The largest absolute Gasteiger partial charge is 0.484 e. The van der Waals surface area contributed by atoms with Gasteiger partial charge in [-0.2, -0.15) is 0 Å². The van der Waals surface area contributed by atoms with Crippen LogP contribution >= 0.6 is 0 Å². The number of ether oxygens (including phenoxy) is 1. The van der Waals surface area contributed by atoms with Crippen molar-refractivity contribution < 1.29 is 9.53 Å². The highest BCUT2D eigenvalue weighted by Crippen LogP contribution is 2.12. The van der Waals surface area contributed by atoms with Crippen molar-refractivity contribution in [2.75, 3.05) is 18.9 Å². The fraction of sp³-hybridized carbons (Fsp3) is 0.308. The minimum absolute atomic E-state index is 0.00344. The molecule has 1 amide bonds. The van der Waals surface area contributed by atoms with Crippen LogP contribution in [0.25, 0.3) is 0 Å². The van der Waals surface area contributed by atoms with Gasteiger partial charge < -0.3 is 15.8 Å². The minimum atomic E-state index is -0.153. The highest BCUT2D eigenvalue weighted by Gasteiger charge is 2.01. The lowest BCUT2D eigenvalue weighted by molar-refractivity contribution is -0.123. The number of benzene rings is 1. The fourth-order valence-corrected chi connectivity index (χ4v) is 1.15. The fourth-order valence-electron chi connectivity index (χ4n) is 1.15. The summed E-state index contributed by atoms with van der Waals surface area (Å²) in [4.78, 5) is 11.3. The predicted molar refractivity (Wildman–Crippen MR) is 67.4 cm³/mol. The molecule has 0 saturated carbocycles. The Morgan fingerprint density at radius 1 is 1.41 bits per heavy atom. The van der Waals surface area contributed by atoms with Gasteiger partial charge in [0.15, 0.2) is 6.61 Å². The second kappa shape index (κ2) is 7.18. The van der Waals surface area contributed by atoms with E-state index in [0.29, 0.717) is 24.4 Å². The second-order valence-corrected chi connectivity index (χ2v) is 3.38. The summed E-state index contributed by atoms with van der Waals surface area (Å²) in [6.07, 6.45) is 0.657. The number of carbonyl (C=O) groups is 1. The molecule has 0 saturated heterocycles. The van der Waals surface area contributed by atoms with Gasteiger partial charge >= 0.3 is 0 Å². The molecule has 0 unspecified atom stereocenters. The third-order valence-corrected chi connectivity index (χ3v) is 2.00. The molecule has 1 aromatic carbocycles. The van der Waals surface area contributed by atoms with Crippen LogP contribution in [0.3, 0.4) is 0 Å². The number of hydrogen-bond donors (Lipinski definition) is 2. The van der Waals surface area contributed by atoms with Gasteiger partial charge in [0.25, 0.3) is 5.91 Å². The van der Waals surface area contributed by atoms with Crippen molar-refractivity contribution >= 4 is 11.6 Å². The SMILES string of the molecule is CC#CCCNC(=O)COc1ccc(N)cc1. The smallest absolute Gasteiger partial charge is 0.257 e. The number of carbonyl (C=O) groups excluding carboxylic acids is 1. The number of nitrogen functional groups attached to an aromatic ring is 1. The van der Waals surface area contributed by atoms with Crippen molar-refractivity contribution in [3.05, 3.63) is 24.3 Å². The zero-order chi connectivity index (χ0) is 12.5. The van der Waals surface area contributed by atoms with Gasteiger partial charge in [-0.25, -0.2) is 0 Å². The van der Waals surface area contributed by atoms with Gasteiger partial charge in [-0.1, -0.05) is 0 Å². The Hall–Kier alpha value is -2.15. The number of anilines is 1. The summed E-state index contributed by atoms with van der Waals surface area (Å²) >= 11 is 0. The van der Waals surface area contributed by atoms with E-state index in [1.165, 1.54) is 0 Å². The Kier molecular flexibility index (Phi) is 5.45. The van der Waals surface area contributed by atoms with E-state index in [1.54, 1.807) is 31.2 Å². The molecule has 1 aromatic rings. The molecule has 17 heavy (non-hydrogen) atoms. The number of amides is 1. The van der Waals surface area contributed by atoms with Crippen molar-refractivity contribution in [1.82, 2.24) is 5.32 Å². The van der Waals surface area contributed by atoms with E-state index in [-0.39, 0.29) is 12.5 Å². The summed E-state index contributed by atoms with van der Waals surface area (Å²) in [7, 11) is 0. The lowest BCUT2D eigenvalue weighted by Gasteiger charge is -2.06. The first-order valence-electron chi connectivity index (χ1n) is 5.37. The molecule has 1 rings (SSSR count). The average molecular weight is 232 g/mol. The maximum atomic E-state index is 11.3. The summed E-state index contributed by atoms with van der Waals surface area (Å²) in [6, 6.07) is 6.91. The average Bonchev–Trinajstić information content (AvgIpc) is 2.34. The quantitative estimate of drug-likeness (QED) is 0.455. The molecule has 0 aromatic heterocycles. The number of nitrogens with two attached hydrogens (primary N) is 1. The number of rotatable bonds is 5. The molecular weight excluding hydrogens is 216 g/mol. The van der Waals surface area contributed by atoms with Crippen LogP contribution in [-0.2, 0) is 4.79 Å². The standard InChI is InChI=1S/C13H16N2O2/c1-2-3-4-9-15-13(16)10-17-12-7-5-11(14)6-8-12/h5-8H,4,9-10,14H2,1H3,(H,15,16). The van der Waals surface area contributed by atoms with Crippen LogP contribution in [0.2, 0.25) is 0 Å². The molecule has 0 bridgehead atoms. The van der Waals surface area contributed by atoms with Crippen LogP contribution in [0.1, 0.15) is 13.3 Å². The second-order valence-electron chi connectivity index (χ2n) is 3.38. The summed E-state index contributed by atoms with van der Waals surface area (Å²) in [5.41, 5.74) is 6.20. The number of nitrogens with one attached hydrogen (secondary N) is 1. The highest BCUT2D eigenvalue weighted by molar-refractivity contribution is 5.77. The van der Waals surface area contributed by atoms with E-state index < -0.39 is 0 Å². The summed E-state index contributed by atoms with van der Waals surface area (Å²) < 4.78 is 5.28. The van der Waals surface area contributed by atoms with Crippen LogP contribution in [0.5, 0.6) is 5.75 Å². The van der Waals surface area contributed by atoms with Gasteiger partial charge in [-0.3, -0.25) is 4.79 Å². The molecule has 3 N–H and O–H groups in total. The maximum absolute atomic E-state index is 11.3. The molecule has 0 spiro atoms. The molecule has 0 fully saturated rings. The zero-order valence-corrected chi connectivity index (χ0v) is 9.82. The van der Waals surface area contributed by atoms with Gasteiger partial charge in [-0.15, -0.1) is 11.8 Å². The first-order chi connectivity index (χ1) is 8.22. The molecule has 0 radical (unpaired) electrons. The van der Waals surface area contributed by atoms with Crippen LogP contribution in [0, 0.1) is 11.8 Å². The first kappa shape index (κ1) is 12.9. The van der Waals surface area contributed by atoms with Gasteiger partial charge in [0.2, 0.25) is 0 Å². The Bertz CT molecular complexity index is 415. The van der Waals surface area contributed by atoms with Crippen molar-refractivity contribution in [2.45, 2.75) is 13.3 Å². The Morgan fingerprint density at radius 2 is 2.12 bits per heavy atom. The summed E-state index contributed by atoms with van der Waals surface area (Å²) in [5, 5.41) is 2.71. The van der Waals surface area contributed by atoms with Gasteiger partial charge in [-0.05, 0) is 31.2 Å².